The summed E-state index contributed by atoms with van der Waals surface area (Å²) in [5, 5.41) is 9.23. The highest BCUT2D eigenvalue weighted by atomic mass is 79.9. The van der Waals surface area contributed by atoms with Gasteiger partial charge in [0.25, 0.3) is 0 Å². The Hall–Kier alpha value is -0.940. The number of rotatable bonds is 4. The second-order valence-corrected chi connectivity index (χ2v) is 9.53. The smallest absolute Gasteiger partial charge is 0.144 e. The lowest BCUT2D eigenvalue weighted by molar-refractivity contribution is 0.471. The molecule has 0 spiro atoms. The minimum Gasteiger partial charge on any atom is -0.311 e. The maximum atomic E-state index is 4.64. The first-order valence-electron chi connectivity index (χ1n) is 7.84. The second kappa shape index (κ2) is 5.03. The van der Waals surface area contributed by atoms with Gasteiger partial charge in [-0.2, -0.15) is 0 Å². The van der Waals surface area contributed by atoms with E-state index in [1.54, 1.807) is 11.3 Å². The van der Waals surface area contributed by atoms with E-state index in [4.69, 9.17) is 0 Å². The molecule has 116 valence electrons. The van der Waals surface area contributed by atoms with Gasteiger partial charge in [0.2, 0.25) is 0 Å². The Morgan fingerprint density at radius 3 is 2.55 bits per heavy atom. The van der Waals surface area contributed by atoms with Gasteiger partial charge in [0, 0.05) is 16.8 Å². The summed E-state index contributed by atoms with van der Waals surface area (Å²) in [5.41, 5.74) is 1.24. The number of thiophene rings is 1. The van der Waals surface area contributed by atoms with Crippen LogP contribution in [0.15, 0.2) is 28.1 Å². The molecule has 5 heteroatoms. The van der Waals surface area contributed by atoms with E-state index in [-0.39, 0.29) is 5.41 Å². The Labute approximate surface area is 143 Å². The van der Waals surface area contributed by atoms with Gasteiger partial charge in [0.05, 0.1) is 9.20 Å². The fourth-order valence-electron chi connectivity index (χ4n) is 3.28. The zero-order valence-corrected chi connectivity index (χ0v) is 15.4. The molecule has 0 atom stereocenters. The second-order valence-electron chi connectivity index (χ2n) is 7.07. The molecule has 22 heavy (non-hydrogen) atoms. The molecule has 2 fully saturated rings. The van der Waals surface area contributed by atoms with Crippen molar-refractivity contribution >= 4 is 27.3 Å². The molecule has 4 rings (SSSR count). The van der Waals surface area contributed by atoms with Crippen molar-refractivity contribution in [3.05, 3.63) is 44.6 Å². The van der Waals surface area contributed by atoms with E-state index in [1.807, 2.05) is 0 Å². The molecule has 2 aliphatic carbocycles. The van der Waals surface area contributed by atoms with E-state index in [9.17, 15) is 0 Å². The first kappa shape index (κ1) is 14.6. The molecule has 0 radical (unpaired) electrons. The van der Waals surface area contributed by atoms with Crippen LogP contribution in [-0.4, -0.2) is 14.8 Å². The average molecular weight is 378 g/mol. The lowest BCUT2D eigenvalue weighted by Crippen LogP contribution is -2.25. The van der Waals surface area contributed by atoms with Gasteiger partial charge in [-0.3, -0.25) is 0 Å². The van der Waals surface area contributed by atoms with E-state index in [2.05, 4.69) is 63.3 Å². The van der Waals surface area contributed by atoms with Gasteiger partial charge in [0.1, 0.15) is 11.6 Å². The number of halogens is 1. The van der Waals surface area contributed by atoms with E-state index in [0.29, 0.717) is 12.0 Å². The zero-order chi connectivity index (χ0) is 15.5. The Morgan fingerprint density at radius 1 is 1.27 bits per heavy atom. The molecular weight excluding hydrogens is 358 g/mol. The summed E-state index contributed by atoms with van der Waals surface area (Å²) in [4.78, 5) is 1.33. The first-order valence-corrected chi connectivity index (χ1v) is 9.45. The summed E-state index contributed by atoms with van der Waals surface area (Å²) >= 11 is 5.37. The predicted octanol–water partition coefficient (Wildman–Crippen LogP) is 5.20. The molecule has 0 amide bonds. The predicted molar refractivity (Wildman–Crippen MR) is 93.6 cm³/mol. The first-order chi connectivity index (χ1) is 10.5. The van der Waals surface area contributed by atoms with Gasteiger partial charge >= 0.3 is 0 Å². The quantitative estimate of drug-likeness (QED) is 0.685. The summed E-state index contributed by atoms with van der Waals surface area (Å²) in [7, 11) is 0. The monoisotopic (exact) mass is 377 g/mol. The maximum Gasteiger partial charge on any atom is 0.144 e. The molecule has 0 N–H and O–H groups in total. The minimum atomic E-state index is -0.106. The van der Waals surface area contributed by atoms with Crippen LogP contribution in [0.2, 0.25) is 0 Å². The van der Waals surface area contributed by atoms with Crippen molar-refractivity contribution in [3.63, 3.8) is 0 Å². The fraction of sp³-hybridized carbons (Fsp3) is 0.529. The van der Waals surface area contributed by atoms with Crippen LogP contribution < -0.4 is 0 Å². The third-order valence-corrected chi connectivity index (χ3v) is 6.77. The molecule has 2 saturated carbocycles. The van der Waals surface area contributed by atoms with E-state index < -0.39 is 0 Å². The van der Waals surface area contributed by atoms with Gasteiger partial charge in [-0.15, -0.1) is 21.5 Å². The van der Waals surface area contributed by atoms with Crippen molar-refractivity contribution in [2.24, 2.45) is 0 Å². The van der Waals surface area contributed by atoms with Gasteiger partial charge in [-0.25, -0.2) is 0 Å². The summed E-state index contributed by atoms with van der Waals surface area (Å²) in [5.74, 6) is 2.84. The number of hydrogen-bond donors (Lipinski definition) is 0. The largest absolute Gasteiger partial charge is 0.311 e. The van der Waals surface area contributed by atoms with Crippen LogP contribution in [0.3, 0.4) is 0 Å². The molecule has 0 saturated heterocycles. The van der Waals surface area contributed by atoms with Crippen molar-refractivity contribution in [1.29, 1.82) is 0 Å². The zero-order valence-electron chi connectivity index (χ0n) is 13.0. The van der Waals surface area contributed by atoms with Crippen molar-refractivity contribution in [2.75, 3.05) is 0 Å². The lowest BCUT2D eigenvalue weighted by atomic mass is 9.80. The maximum absolute atomic E-state index is 4.64. The number of aromatic nitrogens is 3. The van der Waals surface area contributed by atoms with Crippen LogP contribution in [0, 0.1) is 0 Å². The minimum absolute atomic E-state index is 0.106. The fourth-order valence-corrected chi connectivity index (χ4v) is 4.76. The number of hydrogen-bond acceptors (Lipinski definition) is 3. The Morgan fingerprint density at radius 2 is 2.00 bits per heavy atom. The summed E-state index contributed by atoms with van der Waals surface area (Å²) < 4.78 is 3.62. The molecule has 2 aromatic heterocycles. The van der Waals surface area contributed by atoms with Crippen molar-refractivity contribution < 1.29 is 0 Å². The van der Waals surface area contributed by atoms with E-state index in [1.165, 1.54) is 32.9 Å². The Bertz CT molecular complexity index is 731. The highest BCUT2D eigenvalue weighted by Gasteiger charge is 2.40. The van der Waals surface area contributed by atoms with Crippen molar-refractivity contribution in [3.8, 4) is 0 Å². The molecule has 0 aliphatic heterocycles. The van der Waals surface area contributed by atoms with Gasteiger partial charge in [-0.05, 0) is 67.6 Å². The summed E-state index contributed by atoms with van der Waals surface area (Å²) in [6.45, 7) is 8.59. The average Bonchev–Trinajstić information content (AvgIpc) is 3.01. The Kier molecular flexibility index (Phi) is 3.35. The van der Waals surface area contributed by atoms with Gasteiger partial charge in [-0.1, -0.05) is 12.2 Å². The third-order valence-electron chi connectivity index (χ3n) is 4.82. The molecular formula is C17H20BrN3S. The normalized spacial score (nSPS) is 19.5. The van der Waals surface area contributed by atoms with Crippen LogP contribution >= 0.6 is 27.3 Å². The van der Waals surface area contributed by atoms with E-state index in [0.717, 1.165) is 18.7 Å². The number of nitrogens with zero attached hydrogens (tertiary/aromatic N) is 3. The molecule has 2 aliphatic rings. The van der Waals surface area contributed by atoms with Crippen LogP contribution in [0.25, 0.3) is 0 Å². The molecule has 0 aromatic carbocycles. The third kappa shape index (κ3) is 2.29. The lowest BCUT2D eigenvalue weighted by Gasteiger charge is -2.29. The van der Waals surface area contributed by atoms with Gasteiger partial charge in [0.15, 0.2) is 0 Å². The van der Waals surface area contributed by atoms with Crippen molar-refractivity contribution in [2.45, 2.75) is 56.9 Å². The molecule has 0 bridgehead atoms. The Balaban J connectivity index is 1.76. The van der Waals surface area contributed by atoms with E-state index >= 15 is 0 Å². The molecule has 0 unspecified atom stereocenters. The highest BCUT2D eigenvalue weighted by molar-refractivity contribution is 9.11. The summed E-state index contributed by atoms with van der Waals surface area (Å²) in [6.07, 6.45) is 4.68. The van der Waals surface area contributed by atoms with Crippen LogP contribution in [0.5, 0.6) is 0 Å². The molecule has 2 heterocycles. The number of allylic oxidation sites excluding steroid dienone is 1. The van der Waals surface area contributed by atoms with Crippen LogP contribution in [0.1, 0.15) is 68.0 Å². The topological polar surface area (TPSA) is 30.7 Å². The standard InChI is InChI=1S/C17H20BrN3S/c1-10-8-11(9-10)15-19-20-16(21(15)12-4-5-12)17(2,3)13-6-7-14(18)22-13/h6-7,11-12H,1,4-5,8-9H2,2-3H3. The van der Waals surface area contributed by atoms with Crippen molar-refractivity contribution in [1.82, 2.24) is 14.8 Å². The molecule has 2 aromatic rings. The SMILES string of the molecule is C=C1CC(c2nnc(C(C)(C)c3ccc(Br)s3)n2C2CC2)C1. The molecule has 3 nitrogen and oxygen atoms in total. The highest BCUT2D eigenvalue weighted by Crippen LogP contribution is 2.47. The summed E-state index contributed by atoms with van der Waals surface area (Å²) in [6, 6.07) is 4.93. The van der Waals surface area contributed by atoms with Gasteiger partial charge < -0.3 is 4.57 Å². The van der Waals surface area contributed by atoms with Crippen LogP contribution in [0.4, 0.5) is 0 Å². The van der Waals surface area contributed by atoms with Crippen LogP contribution in [-0.2, 0) is 5.41 Å².